The molecular weight excluding hydrogens is 250 g/mol. The van der Waals surface area contributed by atoms with Gasteiger partial charge in [-0.1, -0.05) is 13.0 Å². The molecule has 0 amide bonds. The smallest absolute Gasteiger partial charge is 0.102 e. The van der Waals surface area contributed by atoms with Crippen LogP contribution in [0.5, 0.6) is 0 Å². The molecule has 2 aromatic heterocycles. The van der Waals surface area contributed by atoms with E-state index in [-0.39, 0.29) is 0 Å². The second-order valence-corrected chi connectivity index (χ2v) is 5.23. The summed E-state index contributed by atoms with van der Waals surface area (Å²) in [6.45, 7) is 8.98. The van der Waals surface area contributed by atoms with E-state index in [1.165, 1.54) is 0 Å². The molecule has 0 fully saturated rings. The zero-order valence-electron chi connectivity index (χ0n) is 12.7. The van der Waals surface area contributed by atoms with Gasteiger partial charge >= 0.3 is 0 Å². The molecule has 4 nitrogen and oxygen atoms in total. The highest BCUT2D eigenvalue weighted by Crippen LogP contribution is 2.21. The van der Waals surface area contributed by atoms with E-state index in [1.54, 1.807) is 6.20 Å². The predicted octanol–water partition coefficient (Wildman–Crippen LogP) is 2.75. The topological polar surface area (TPSA) is 50.9 Å². The molecule has 108 valence electrons. The maximum absolute atomic E-state index is 10.4. The summed E-state index contributed by atoms with van der Waals surface area (Å²) in [6.07, 6.45) is 2.69. The first-order chi connectivity index (χ1) is 9.55. The Labute approximate surface area is 120 Å². The molecule has 0 radical (unpaired) electrons. The van der Waals surface area contributed by atoms with Crippen molar-refractivity contribution in [3.8, 4) is 0 Å². The van der Waals surface area contributed by atoms with Crippen LogP contribution in [0.4, 0.5) is 0 Å². The van der Waals surface area contributed by atoms with Crippen molar-refractivity contribution in [3.05, 3.63) is 46.5 Å². The van der Waals surface area contributed by atoms with Crippen LogP contribution in [0.1, 0.15) is 48.2 Å². The summed E-state index contributed by atoms with van der Waals surface area (Å²) in [5.41, 5.74) is 5.06. The van der Waals surface area contributed by atoms with Crippen molar-refractivity contribution in [1.29, 1.82) is 0 Å². The molecule has 1 unspecified atom stereocenters. The number of nitrogens with zero attached hydrogens (tertiary/aromatic N) is 3. The van der Waals surface area contributed by atoms with Crippen molar-refractivity contribution in [1.82, 2.24) is 14.8 Å². The fraction of sp³-hybridized carbons (Fsp3) is 0.500. The highest BCUT2D eigenvalue weighted by Gasteiger charge is 2.16. The minimum atomic E-state index is -0.581. The van der Waals surface area contributed by atoms with Crippen LogP contribution in [0.2, 0.25) is 0 Å². The number of aryl methyl sites for hydroxylation is 4. The molecule has 4 heteroatoms. The summed E-state index contributed by atoms with van der Waals surface area (Å²) in [4.78, 5) is 4.38. The van der Waals surface area contributed by atoms with Gasteiger partial charge in [-0.2, -0.15) is 5.10 Å². The highest BCUT2D eigenvalue weighted by molar-refractivity contribution is 5.26. The van der Waals surface area contributed by atoms with Gasteiger partial charge in [-0.25, -0.2) is 0 Å². The first kappa shape index (κ1) is 14.7. The number of hydrogen-bond donors (Lipinski definition) is 1. The standard InChI is InChI=1S/C16H23N3O/c1-5-13-8-14(19(6-2)18-13)9-15(20)16-12(4)7-11(3)10-17-16/h7-8,10,15,20H,5-6,9H2,1-4H3. The molecule has 2 rings (SSSR count). The van der Waals surface area contributed by atoms with E-state index in [9.17, 15) is 5.11 Å². The lowest BCUT2D eigenvalue weighted by atomic mass is 10.0. The Morgan fingerprint density at radius 3 is 2.60 bits per heavy atom. The van der Waals surface area contributed by atoms with Gasteiger partial charge in [-0.3, -0.25) is 9.67 Å². The SMILES string of the molecule is CCc1cc(CC(O)c2ncc(C)cc2C)n(CC)n1. The van der Waals surface area contributed by atoms with E-state index in [0.29, 0.717) is 6.42 Å². The van der Waals surface area contributed by atoms with Gasteiger partial charge < -0.3 is 5.11 Å². The maximum Gasteiger partial charge on any atom is 0.102 e. The van der Waals surface area contributed by atoms with Crippen LogP contribution in [0.25, 0.3) is 0 Å². The lowest BCUT2D eigenvalue weighted by Crippen LogP contribution is -2.11. The summed E-state index contributed by atoms with van der Waals surface area (Å²) in [5, 5.41) is 15.0. The number of rotatable bonds is 5. The van der Waals surface area contributed by atoms with E-state index in [1.807, 2.05) is 18.5 Å². The van der Waals surface area contributed by atoms with Crippen molar-refractivity contribution in [2.45, 2.75) is 53.2 Å². The summed E-state index contributed by atoms with van der Waals surface area (Å²) in [7, 11) is 0. The monoisotopic (exact) mass is 273 g/mol. The molecule has 2 heterocycles. The van der Waals surface area contributed by atoms with Gasteiger partial charge in [0.05, 0.1) is 11.4 Å². The second-order valence-electron chi connectivity index (χ2n) is 5.23. The average Bonchev–Trinajstić information content (AvgIpc) is 2.80. The molecule has 0 bridgehead atoms. The summed E-state index contributed by atoms with van der Waals surface area (Å²) in [5.74, 6) is 0. The Balaban J connectivity index is 2.22. The number of aliphatic hydroxyl groups excluding tert-OH is 1. The quantitative estimate of drug-likeness (QED) is 0.911. The molecule has 0 aliphatic heterocycles. The zero-order valence-corrected chi connectivity index (χ0v) is 12.7. The Kier molecular flexibility index (Phi) is 4.55. The molecule has 0 spiro atoms. The molecule has 0 aromatic carbocycles. The van der Waals surface area contributed by atoms with Crippen LogP contribution in [-0.2, 0) is 19.4 Å². The third-order valence-electron chi connectivity index (χ3n) is 3.55. The Morgan fingerprint density at radius 2 is 2.00 bits per heavy atom. The van der Waals surface area contributed by atoms with Gasteiger partial charge in [0.2, 0.25) is 0 Å². The van der Waals surface area contributed by atoms with E-state index in [0.717, 1.165) is 41.2 Å². The van der Waals surface area contributed by atoms with Gasteiger partial charge in [0.15, 0.2) is 0 Å². The fourth-order valence-corrected chi connectivity index (χ4v) is 2.50. The van der Waals surface area contributed by atoms with E-state index in [2.05, 4.69) is 36.1 Å². The molecule has 0 aliphatic rings. The molecular formula is C16H23N3O. The van der Waals surface area contributed by atoms with Crippen LogP contribution < -0.4 is 0 Å². The zero-order chi connectivity index (χ0) is 14.7. The molecule has 0 aliphatic carbocycles. The van der Waals surface area contributed by atoms with Crippen LogP contribution >= 0.6 is 0 Å². The van der Waals surface area contributed by atoms with Crippen LogP contribution in [0.15, 0.2) is 18.3 Å². The van der Waals surface area contributed by atoms with Crippen molar-refractivity contribution in [2.75, 3.05) is 0 Å². The summed E-state index contributed by atoms with van der Waals surface area (Å²) < 4.78 is 1.96. The minimum absolute atomic E-state index is 0.553. The average molecular weight is 273 g/mol. The normalized spacial score (nSPS) is 12.7. The van der Waals surface area contributed by atoms with Crippen LogP contribution in [-0.4, -0.2) is 19.9 Å². The number of hydrogen-bond acceptors (Lipinski definition) is 3. The third-order valence-corrected chi connectivity index (χ3v) is 3.55. The summed E-state index contributed by atoms with van der Waals surface area (Å²) >= 11 is 0. The van der Waals surface area contributed by atoms with Crippen molar-refractivity contribution >= 4 is 0 Å². The van der Waals surface area contributed by atoms with Crippen molar-refractivity contribution in [2.24, 2.45) is 0 Å². The maximum atomic E-state index is 10.4. The minimum Gasteiger partial charge on any atom is -0.386 e. The second kappa shape index (κ2) is 6.18. The third kappa shape index (κ3) is 3.07. The largest absolute Gasteiger partial charge is 0.386 e. The summed E-state index contributed by atoms with van der Waals surface area (Å²) in [6, 6.07) is 4.14. The molecule has 1 atom stereocenters. The molecule has 2 aromatic rings. The molecule has 0 saturated heterocycles. The lowest BCUT2D eigenvalue weighted by molar-refractivity contribution is 0.170. The lowest BCUT2D eigenvalue weighted by Gasteiger charge is -2.13. The first-order valence-electron chi connectivity index (χ1n) is 7.22. The molecule has 0 saturated carbocycles. The van der Waals surface area contributed by atoms with E-state index >= 15 is 0 Å². The first-order valence-corrected chi connectivity index (χ1v) is 7.22. The van der Waals surface area contributed by atoms with Gasteiger partial charge in [0, 0.05) is 24.9 Å². The Hall–Kier alpha value is -1.68. The predicted molar refractivity (Wildman–Crippen MR) is 79.7 cm³/mol. The Bertz CT molecular complexity index is 589. The fourth-order valence-electron chi connectivity index (χ4n) is 2.50. The van der Waals surface area contributed by atoms with Gasteiger partial charge in [0.1, 0.15) is 6.10 Å². The van der Waals surface area contributed by atoms with E-state index in [4.69, 9.17) is 0 Å². The number of pyridine rings is 1. The van der Waals surface area contributed by atoms with Gasteiger partial charge in [-0.05, 0) is 44.4 Å². The highest BCUT2D eigenvalue weighted by atomic mass is 16.3. The van der Waals surface area contributed by atoms with Crippen LogP contribution in [0.3, 0.4) is 0 Å². The van der Waals surface area contributed by atoms with Gasteiger partial charge in [-0.15, -0.1) is 0 Å². The van der Waals surface area contributed by atoms with Crippen molar-refractivity contribution < 1.29 is 5.11 Å². The molecule has 1 N–H and O–H groups in total. The van der Waals surface area contributed by atoms with Crippen molar-refractivity contribution in [3.63, 3.8) is 0 Å². The number of aromatic nitrogens is 3. The Morgan fingerprint density at radius 1 is 1.25 bits per heavy atom. The molecule has 20 heavy (non-hydrogen) atoms. The van der Waals surface area contributed by atoms with Crippen LogP contribution in [0, 0.1) is 13.8 Å². The number of aliphatic hydroxyl groups is 1. The van der Waals surface area contributed by atoms with Gasteiger partial charge in [0.25, 0.3) is 0 Å². The van der Waals surface area contributed by atoms with E-state index < -0.39 is 6.10 Å².